The molecule has 1 N–H and O–H groups in total. The molecule has 6 aromatic carbocycles. The maximum atomic E-state index is 13.5. The number of para-hydroxylation sites is 2. The third-order valence-electron chi connectivity index (χ3n) is 9.64. The van der Waals surface area contributed by atoms with Crippen LogP contribution in [0.3, 0.4) is 0 Å². The van der Waals surface area contributed by atoms with E-state index in [4.69, 9.17) is 0 Å². The van der Waals surface area contributed by atoms with Crippen LogP contribution in [0.2, 0.25) is 0 Å². The number of anilines is 3. The number of carbonyl (C=O) groups is 2. The number of hydrogen-bond donors (Lipinski definition) is 1. The average Bonchev–Trinajstić information content (AvgIpc) is 3.58. The smallest absolute Gasteiger partial charge is 0.197 e. The first-order valence-electron chi connectivity index (χ1n) is 15.3. The van der Waals surface area contributed by atoms with E-state index in [1.807, 2.05) is 42.5 Å². The first-order chi connectivity index (χ1) is 21.9. The summed E-state index contributed by atoms with van der Waals surface area (Å²) in [6, 6.07) is 41.4. The van der Waals surface area contributed by atoms with Gasteiger partial charge in [-0.2, -0.15) is 0 Å². The van der Waals surface area contributed by atoms with Crippen molar-refractivity contribution in [1.29, 1.82) is 0 Å². The zero-order valence-corrected chi connectivity index (χ0v) is 24.9. The van der Waals surface area contributed by atoms with Gasteiger partial charge in [0.2, 0.25) is 0 Å². The van der Waals surface area contributed by atoms with Gasteiger partial charge in [0.1, 0.15) is 5.82 Å². The molecule has 0 bridgehead atoms. The van der Waals surface area contributed by atoms with Gasteiger partial charge >= 0.3 is 0 Å². The number of carbonyl (C=O) groups excluding carboxylic acids is 2. The average molecular weight is 581 g/mol. The summed E-state index contributed by atoms with van der Waals surface area (Å²) in [5, 5.41) is 5.24. The predicted molar refractivity (Wildman–Crippen MR) is 183 cm³/mol. The Morgan fingerprint density at radius 3 is 1.96 bits per heavy atom. The summed E-state index contributed by atoms with van der Waals surface area (Å²) >= 11 is 0. The highest BCUT2D eigenvalue weighted by atomic mass is 16.2. The van der Waals surface area contributed by atoms with Crippen molar-refractivity contribution in [3.05, 3.63) is 155 Å². The highest BCUT2D eigenvalue weighted by Crippen LogP contribution is 2.52. The van der Waals surface area contributed by atoms with E-state index in [1.165, 1.54) is 16.5 Å². The molecule has 0 radical (unpaired) electrons. The molecule has 214 valence electrons. The Morgan fingerprint density at radius 2 is 1.22 bits per heavy atom. The molecule has 1 aliphatic heterocycles. The van der Waals surface area contributed by atoms with Crippen molar-refractivity contribution in [2.24, 2.45) is 0 Å². The maximum absolute atomic E-state index is 13.5. The number of rotatable bonds is 2. The van der Waals surface area contributed by atoms with Crippen LogP contribution in [-0.2, 0) is 5.41 Å². The van der Waals surface area contributed by atoms with Crippen molar-refractivity contribution in [3.63, 3.8) is 0 Å². The van der Waals surface area contributed by atoms with Crippen molar-refractivity contribution in [1.82, 2.24) is 4.98 Å². The summed E-state index contributed by atoms with van der Waals surface area (Å²) in [6.07, 6.45) is 1.76. The Balaban J connectivity index is 1.18. The molecular formula is C41H28N2O2. The van der Waals surface area contributed by atoms with E-state index >= 15 is 0 Å². The first-order valence-corrected chi connectivity index (χ1v) is 15.3. The van der Waals surface area contributed by atoms with Crippen LogP contribution in [0.25, 0.3) is 38.5 Å². The van der Waals surface area contributed by atoms with Gasteiger partial charge in [-0.05, 0) is 92.8 Å². The Morgan fingerprint density at radius 1 is 0.578 bits per heavy atom. The summed E-state index contributed by atoms with van der Waals surface area (Å²) in [5.74, 6) is 0.600. The van der Waals surface area contributed by atoms with E-state index in [0.29, 0.717) is 11.1 Å². The van der Waals surface area contributed by atoms with Crippen molar-refractivity contribution in [2.45, 2.75) is 19.3 Å². The number of Topliss-reactive ketones (excluding diaryl/α,β-unsaturated/α-hetero) is 2. The summed E-state index contributed by atoms with van der Waals surface area (Å²) in [6.45, 7) is 4.56. The number of aromatic amines is 1. The summed E-state index contributed by atoms with van der Waals surface area (Å²) < 4.78 is 0. The molecule has 7 aromatic rings. The highest BCUT2D eigenvalue weighted by molar-refractivity contribution is 6.42. The lowest BCUT2D eigenvalue weighted by Gasteiger charge is -2.41. The molecule has 4 nitrogen and oxygen atoms in total. The van der Waals surface area contributed by atoms with E-state index in [0.717, 1.165) is 49.8 Å². The molecule has 2 aliphatic rings. The van der Waals surface area contributed by atoms with Crippen molar-refractivity contribution in [3.8, 4) is 0 Å². The van der Waals surface area contributed by atoms with Crippen LogP contribution < -0.4 is 4.90 Å². The second-order valence-electron chi connectivity index (χ2n) is 12.7. The molecule has 4 heteroatoms. The van der Waals surface area contributed by atoms with Gasteiger partial charge < -0.3 is 4.98 Å². The fraction of sp³-hybridized carbons (Fsp3) is 0.0732. The van der Waals surface area contributed by atoms with Gasteiger partial charge in [0.15, 0.2) is 11.6 Å². The fourth-order valence-corrected chi connectivity index (χ4v) is 7.30. The van der Waals surface area contributed by atoms with Crippen LogP contribution in [0.4, 0.5) is 17.2 Å². The summed E-state index contributed by atoms with van der Waals surface area (Å²) in [4.78, 5) is 32.9. The molecule has 0 unspecified atom stereocenters. The van der Waals surface area contributed by atoms with Crippen LogP contribution in [0.1, 0.15) is 51.3 Å². The Bertz CT molecular complexity index is 2370. The predicted octanol–water partition coefficient (Wildman–Crippen LogP) is 10.0. The lowest BCUT2D eigenvalue weighted by molar-refractivity contribution is 0.0990. The minimum Gasteiger partial charge on any atom is -0.341 e. The van der Waals surface area contributed by atoms with Crippen LogP contribution in [0.5, 0.6) is 0 Å². The van der Waals surface area contributed by atoms with Gasteiger partial charge in [0.25, 0.3) is 0 Å². The van der Waals surface area contributed by atoms with Crippen molar-refractivity contribution < 1.29 is 9.59 Å². The van der Waals surface area contributed by atoms with Gasteiger partial charge in [-0.1, -0.05) is 86.6 Å². The van der Waals surface area contributed by atoms with Gasteiger partial charge in [-0.25, -0.2) is 0 Å². The molecule has 45 heavy (non-hydrogen) atoms. The lowest BCUT2D eigenvalue weighted by Crippen LogP contribution is -2.30. The molecule has 1 aromatic heterocycles. The normalized spacial score (nSPS) is 15.1. The second kappa shape index (κ2) is 9.13. The molecule has 0 spiro atoms. The summed E-state index contributed by atoms with van der Waals surface area (Å²) in [7, 11) is 0. The molecule has 1 aliphatic carbocycles. The molecule has 2 heterocycles. The topological polar surface area (TPSA) is 53.2 Å². The van der Waals surface area contributed by atoms with E-state index < -0.39 is 0 Å². The third kappa shape index (κ3) is 3.72. The molecular weight excluding hydrogens is 552 g/mol. The van der Waals surface area contributed by atoms with Crippen LogP contribution in [0.15, 0.2) is 127 Å². The van der Waals surface area contributed by atoms with E-state index in [-0.39, 0.29) is 22.6 Å². The van der Waals surface area contributed by atoms with E-state index in [1.54, 1.807) is 6.08 Å². The van der Waals surface area contributed by atoms with E-state index in [2.05, 4.69) is 103 Å². The van der Waals surface area contributed by atoms with Crippen LogP contribution >= 0.6 is 0 Å². The SMILES string of the molecule is CC1(C)c2ccccc2N(c2cc3ccccc3[nH]2)c2cc3ccc(C=C4C(=O)c5cc6ccccc6cc5C4=O)cc3cc21. The van der Waals surface area contributed by atoms with Crippen LogP contribution in [-0.4, -0.2) is 16.6 Å². The lowest BCUT2D eigenvalue weighted by atomic mass is 9.73. The van der Waals surface area contributed by atoms with Gasteiger partial charge in [0, 0.05) is 27.4 Å². The quantitative estimate of drug-likeness (QED) is 0.164. The minimum absolute atomic E-state index is 0.210. The number of aromatic nitrogens is 1. The number of ketones is 2. The maximum Gasteiger partial charge on any atom is 0.197 e. The Hall–Kier alpha value is -5.74. The van der Waals surface area contributed by atoms with Gasteiger partial charge in [-0.15, -0.1) is 0 Å². The second-order valence-corrected chi connectivity index (χ2v) is 12.7. The van der Waals surface area contributed by atoms with Crippen molar-refractivity contribution >= 4 is 67.3 Å². The Labute approximate surface area is 260 Å². The number of nitrogens with zero attached hydrogens (tertiary/aromatic N) is 1. The molecule has 0 amide bonds. The summed E-state index contributed by atoms with van der Waals surface area (Å²) in [5.41, 5.74) is 7.62. The molecule has 0 saturated heterocycles. The molecule has 0 fully saturated rings. The molecule has 0 saturated carbocycles. The number of allylic oxidation sites excluding steroid dienone is 1. The highest BCUT2D eigenvalue weighted by Gasteiger charge is 2.38. The zero-order chi connectivity index (χ0) is 30.4. The fourth-order valence-electron chi connectivity index (χ4n) is 7.30. The largest absolute Gasteiger partial charge is 0.341 e. The first kappa shape index (κ1) is 25.7. The monoisotopic (exact) mass is 580 g/mol. The van der Waals surface area contributed by atoms with Crippen LogP contribution in [0, 0.1) is 0 Å². The zero-order valence-electron chi connectivity index (χ0n) is 24.9. The molecule has 0 atom stereocenters. The Kier molecular flexibility index (Phi) is 5.22. The van der Waals surface area contributed by atoms with Gasteiger partial charge in [0.05, 0.1) is 16.9 Å². The van der Waals surface area contributed by atoms with E-state index in [9.17, 15) is 9.59 Å². The molecule has 9 rings (SSSR count). The number of fused-ring (bicyclic) bond motifs is 6. The standard InChI is InChI=1S/C41H28N2O2/c1-41(2)33-12-6-8-14-36(33)43(38-23-28-11-5-7-13-35(28)42-38)37-22-27-16-15-24(17-29(27)21-34(37)41)18-32-39(44)30-19-25-9-3-4-10-26(25)20-31(30)40(32)45/h3-23,42H,1-2H3. The number of H-pyrrole nitrogens is 1. The number of nitrogens with one attached hydrogen (secondary N) is 1. The third-order valence-corrected chi connectivity index (χ3v) is 9.64. The van der Waals surface area contributed by atoms with Gasteiger partial charge in [-0.3, -0.25) is 14.5 Å². The van der Waals surface area contributed by atoms with Crippen molar-refractivity contribution in [2.75, 3.05) is 4.90 Å². The number of hydrogen-bond acceptors (Lipinski definition) is 3. The number of benzene rings is 6. The minimum atomic E-state index is -0.252.